The van der Waals surface area contributed by atoms with Crippen molar-refractivity contribution in [2.24, 2.45) is 0 Å². The summed E-state index contributed by atoms with van der Waals surface area (Å²) in [5, 5.41) is 14.1. The second kappa shape index (κ2) is 4.65. The Morgan fingerprint density at radius 1 is 1.21 bits per heavy atom. The first-order valence-electron chi connectivity index (χ1n) is 6.55. The Labute approximate surface area is 119 Å². The Hall–Kier alpha value is -0.770. The molecular formula is C15H22ClNO2. The van der Waals surface area contributed by atoms with E-state index in [9.17, 15) is 5.11 Å². The lowest BCUT2D eigenvalue weighted by molar-refractivity contribution is -0.0808. The average molecular weight is 284 g/mol. The summed E-state index contributed by atoms with van der Waals surface area (Å²) in [7, 11) is 0. The maximum Gasteiger partial charge on any atom is 0.0916 e. The number of aliphatic hydroxyl groups excluding tert-OH is 1. The fourth-order valence-corrected chi connectivity index (χ4v) is 3.18. The zero-order valence-electron chi connectivity index (χ0n) is 12.0. The zero-order valence-corrected chi connectivity index (χ0v) is 12.7. The standard InChI is InChI=1S/C15H22ClNO2/c1-13(2)9-15(10-18,14(3,4)19-13)17-12-7-5-11(16)6-8-12/h5-8,17-18H,9-10H2,1-4H3. The van der Waals surface area contributed by atoms with E-state index in [0.29, 0.717) is 5.02 Å². The molecule has 2 N–H and O–H groups in total. The van der Waals surface area contributed by atoms with Gasteiger partial charge in [0.25, 0.3) is 0 Å². The monoisotopic (exact) mass is 283 g/mol. The van der Waals surface area contributed by atoms with E-state index in [-0.39, 0.29) is 12.2 Å². The van der Waals surface area contributed by atoms with Gasteiger partial charge in [-0.3, -0.25) is 0 Å². The van der Waals surface area contributed by atoms with Crippen molar-refractivity contribution >= 4 is 17.3 Å². The van der Waals surface area contributed by atoms with E-state index in [0.717, 1.165) is 12.1 Å². The molecule has 1 aliphatic rings. The second-order valence-corrected chi connectivity index (χ2v) is 6.86. The van der Waals surface area contributed by atoms with Crippen LogP contribution in [-0.4, -0.2) is 28.5 Å². The van der Waals surface area contributed by atoms with Gasteiger partial charge in [0.05, 0.1) is 23.3 Å². The minimum absolute atomic E-state index is 0.0199. The fraction of sp³-hybridized carbons (Fsp3) is 0.600. The summed E-state index contributed by atoms with van der Waals surface area (Å²) in [5.74, 6) is 0. The number of aliphatic hydroxyl groups is 1. The van der Waals surface area contributed by atoms with Crippen molar-refractivity contribution in [2.45, 2.75) is 50.9 Å². The van der Waals surface area contributed by atoms with Crippen molar-refractivity contribution in [3.05, 3.63) is 29.3 Å². The molecule has 1 atom stereocenters. The summed E-state index contributed by atoms with van der Waals surface area (Å²) in [6.45, 7) is 8.15. The molecule has 1 saturated heterocycles. The second-order valence-electron chi connectivity index (χ2n) is 6.42. The molecule has 4 heteroatoms. The molecule has 0 radical (unpaired) electrons. The summed E-state index contributed by atoms with van der Waals surface area (Å²) in [6.07, 6.45) is 0.742. The zero-order chi connectivity index (χ0) is 14.3. The van der Waals surface area contributed by atoms with E-state index in [1.807, 2.05) is 38.1 Å². The van der Waals surface area contributed by atoms with Crippen LogP contribution in [0.15, 0.2) is 24.3 Å². The van der Waals surface area contributed by atoms with Crippen LogP contribution in [0.1, 0.15) is 34.1 Å². The van der Waals surface area contributed by atoms with Crippen LogP contribution in [0.25, 0.3) is 0 Å². The molecule has 0 aromatic heterocycles. The fourth-order valence-electron chi connectivity index (χ4n) is 3.05. The third-order valence-electron chi connectivity index (χ3n) is 3.91. The molecule has 0 aliphatic carbocycles. The van der Waals surface area contributed by atoms with Gasteiger partial charge in [-0.1, -0.05) is 11.6 Å². The van der Waals surface area contributed by atoms with Crippen LogP contribution < -0.4 is 5.32 Å². The molecule has 3 nitrogen and oxygen atoms in total. The first-order valence-corrected chi connectivity index (χ1v) is 6.92. The molecule has 1 aromatic rings. The van der Waals surface area contributed by atoms with Gasteiger partial charge in [0.2, 0.25) is 0 Å². The van der Waals surface area contributed by atoms with Gasteiger partial charge < -0.3 is 15.2 Å². The predicted molar refractivity (Wildman–Crippen MR) is 78.8 cm³/mol. The molecule has 2 rings (SSSR count). The topological polar surface area (TPSA) is 41.5 Å². The molecular weight excluding hydrogens is 262 g/mol. The normalized spacial score (nSPS) is 28.3. The number of benzene rings is 1. The number of hydrogen-bond donors (Lipinski definition) is 2. The molecule has 106 valence electrons. The van der Waals surface area contributed by atoms with E-state index in [1.54, 1.807) is 0 Å². The van der Waals surface area contributed by atoms with Crippen molar-refractivity contribution in [2.75, 3.05) is 11.9 Å². The Kier molecular flexibility index (Phi) is 3.58. The first kappa shape index (κ1) is 14.6. The molecule has 1 aromatic carbocycles. The van der Waals surface area contributed by atoms with Gasteiger partial charge in [0.15, 0.2) is 0 Å². The molecule has 0 spiro atoms. The predicted octanol–water partition coefficient (Wildman–Crippen LogP) is 3.46. The Morgan fingerprint density at radius 2 is 1.79 bits per heavy atom. The average Bonchev–Trinajstić information content (AvgIpc) is 2.47. The van der Waals surface area contributed by atoms with Crippen molar-refractivity contribution in [1.82, 2.24) is 0 Å². The van der Waals surface area contributed by atoms with Crippen LogP contribution in [0, 0.1) is 0 Å². The van der Waals surface area contributed by atoms with Crippen LogP contribution in [0.4, 0.5) is 5.69 Å². The van der Waals surface area contributed by atoms with E-state index < -0.39 is 11.1 Å². The van der Waals surface area contributed by atoms with Gasteiger partial charge in [-0.2, -0.15) is 0 Å². The van der Waals surface area contributed by atoms with E-state index in [2.05, 4.69) is 19.2 Å². The largest absolute Gasteiger partial charge is 0.394 e. The highest BCUT2D eigenvalue weighted by atomic mass is 35.5. The van der Waals surface area contributed by atoms with E-state index in [1.165, 1.54) is 0 Å². The van der Waals surface area contributed by atoms with Crippen LogP contribution in [0.3, 0.4) is 0 Å². The smallest absolute Gasteiger partial charge is 0.0916 e. The highest BCUT2D eigenvalue weighted by Crippen LogP contribution is 2.46. The van der Waals surface area contributed by atoms with Crippen molar-refractivity contribution in [3.8, 4) is 0 Å². The summed E-state index contributed by atoms with van der Waals surface area (Å²) >= 11 is 5.90. The SMILES string of the molecule is CC1(C)CC(CO)(Nc2ccc(Cl)cc2)C(C)(C)O1. The quantitative estimate of drug-likeness (QED) is 0.893. The van der Waals surface area contributed by atoms with E-state index >= 15 is 0 Å². The minimum atomic E-state index is -0.496. The number of hydrogen-bond acceptors (Lipinski definition) is 3. The molecule has 0 bridgehead atoms. The molecule has 1 unspecified atom stereocenters. The lowest BCUT2D eigenvalue weighted by Crippen LogP contribution is -2.55. The maximum absolute atomic E-state index is 9.93. The number of ether oxygens (including phenoxy) is 1. The van der Waals surface area contributed by atoms with Gasteiger partial charge in [0, 0.05) is 17.1 Å². The van der Waals surface area contributed by atoms with Crippen molar-refractivity contribution in [3.63, 3.8) is 0 Å². The van der Waals surface area contributed by atoms with Crippen LogP contribution in [-0.2, 0) is 4.74 Å². The van der Waals surface area contributed by atoms with Crippen LogP contribution in [0.5, 0.6) is 0 Å². The molecule has 1 heterocycles. The minimum Gasteiger partial charge on any atom is -0.394 e. The Bertz CT molecular complexity index is 456. The lowest BCUT2D eigenvalue weighted by atomic mass is 9.79. The molecule has 0 amide bonds. The number of anilines is 1. The highest BCUT2D eigenvalue weighted by Gasteiger charge is 2.57. The maximum atomic E-state index is 9.93. The number of rotatable bonds is 3. The van der Waals surface area contributed by atoms with E-state index in [4.69, 9.17) is 16.3 Å². The molecule has 1 aliphatic heterocycles. The summed E-state index contributed by atoms with van der Waals surface area (Å²) < 4.78 is 6.09. The third kappa shape index (κ3) is 2.73. The first-order chi connectivity index (χ1) is 8.70. The van der Waals surface area contributed by atoms with Gasteiger partial charge in [0.1, 0.15) is 0 Å². The summed E-state index contributed by atoms with van der Waals surface area (Å²) in [6, 6.07) is 7.51. The van der Waals surface area contributed by atoms with Gasteiger partial charge in [-0.05, 0) is 52.0 Å². The number of halogens is 1. The molecule has 0 saturated carbocycles. The summed E-state index contributed by atoms with van der Waals surface area (Å²) in [4.78, 5) is 0. The van der Waals surface area contributed by atoms with Gasteiger partial charge >= 0.3 is 0 Å². The van der Waals surface area contributed by atoms with Gasteiger partial charge in [-0.15, -0.1) is 0 Å². The van der Waals surface area contributed by atoms with Crippen molar-refractivity contribution < 1.29 is 9.84 Å². The van der Waals surface area contributed by atoms with Crippen LogP contribution in [0.2, 0.25) is 5.02 Å². The Morgan fingerprint density at radius 3 is 2.21 bits per heavy atom. The number of nitrogens with one attached hydrogen (secondary N) is 1. The van der Waals surface area contributed by atoms with Crippen molar-refractivity contribution in [1.29, 1.82) is 0 Å². The Balaban J connectivity index is 2.30. The highest BCUT2D eigenvalue weighted by molar-refractivity contribution is 6.30. The molecule has 1 fully saturated rings. The van der Waals surface area contributed by atoms with Crippen LogP contribution >= 0.6 is 11.6 Å². The third-order valence-corrected chi connectivity index (χ3v) is 4.16. The lowest BCUT2D eigenvalue weighted by Gasteiger charge is -2.39. The van der Waals surface area contributed by atoms with Gasteiger partial charge in [-0.25, -0.2) is 0 Å². The molecule has 19 heavy (non-hydrogen) atoms. The summed E-state index contributed by atoms with van der Waals surface area (Å²) in [5.41, 5.74) is -0.270.